The summed E-state index contributed by atoms with van der Waals surface area (Å²) in [7, 11) is 1.71. The molecule has 0 saturated carbocycles. The molecular formula is C21H20N4O. The monoisotopic (exact) mass is 344 g/mol. The van der Waals surface area contributed by atoms with E-state index in [-0.39, 0.29) is 0 Å². The van der Waals surface area contributed by atoms with Crippen molar-refractivity contribution in [1.29, 1.82) is 5.26 Å². The number of para-hydroxylation sites is 3. The fraction of sp³-hybridized carbons (Fsp3) is 0.238. The minimum atomic E-state index is 0.634. The highest BCUT2D eigenvalue weighted by atomic mass is 16.5. The van der Waals surface area contributed by atoms with Crippen molar-refractivity contribution in [1.82, 2.24) is 4.98 Å². The topological polar surface area (TPSA) is 52.4 Å². The molecular weight excluding hydrogens is 324 g/mol. The Kier molecular flexibility index (Phi) is 4.32. The first-order chi connectivity index (χ1) is 12.8. The van der Waals surface area contributed by atoms with Crippen LogP contribution in [0.1, 0.15) is 5.56 Å². The molecule has 1 saturated heterocycles. The number of piperazine rings is 1. The second kappa shape index (κ2) is 6.93. The Morgan fingerprint density at radius 2 is 1.65 bits per heavy atom. The van der Waals surface area contributed by atoms with E-state index >= 15 is 0 Å². The van der Waals surface area contributed by atoms with Gasteiger partial charge in [-0.3, -0.25) is 4.98 Å². The molecule has 2 aromatic carbocycles. The number of methoxy groups -OCH3 is 1. The molecule has 0 bridgehead atoms. The number of fused-ring (bicyclic) bond motifs is 1. The summed E-state index contributed by atoms with van der Waals surface area (Å²) in [5.74, 6) is 0.896. The smallest absolute Gasteiger partial charge is 0.142 e. The molecule has 3 aromatic rings. The molecule has 0 radical (unpaired) electrons. The predicted molar refractivity (Wildman–Crippen MR) is 104 cm³/mol. The van der Waals surface area contributed by atoms with Crippen molar-refractivity contribution in [2.75, 3.05) is 43.1 Å². The normalized spacial score (nSPS) is 14.3. The SMILES string of the molecule is COc1ccccc1N1CCN(c2c(C#N)cnc3ccccc23)CC1. The first-order valence-electron chi connectivity index (χ1n) is 8.72. The number of rotatable bonds is 3. The second-order valence-electron chi connectivity index (χ2n) is 6.30. The van der Waals surface area contributed by atoms with Crippen LogP contribution in [0, 0.1) is 11.3 Å². The lowest BCUT2D eigenvalue weighted by molar-refractivity contribution is 0.413. The maximum Gasteiger partial charge on any atom is 0.142 e. The minimum absolute atomic E-state index is 0.634. The van der Waals surface area contributed by atoms with Crippen LogP contribution in [-0.2, 0) is 0 Å². The summed E-state index contributed by atoms with van der Waals surface area (Å²) in [6.07, 6.45) is 1.68. The maximum absolute atomic E-state index is 9.56. The molecule has 130 valence electrons. The fourth-order valence-electron chi connectivity index (χ4n) is 3.61. The summed E-state index contributed by atoms with van der Waals surface area (Å²) in [4.78, 5) is 9.05. The van der Waals surface area contributed by atoms with Crippen molar-refractivity contribution in [3.8, 4) is 11.8 Å². The fourth-order valence-corrected chi connectivity index (χ4v) is 3.61. The Morgan fingerprint density at radius 3 is 2.42 bits per heavy atom. The zero-order chi connectivity index (χ0) is 17.9. The van der Waals surface area contributed by atoms with Gasteiger partial charge < -0.3 is 14.5 Å². The van der Waals surface area contributed by atoms with E-state index in [4.69, 9.17) is 4.74 Å². The molecule has 0 spiro atoms. The molecule has 5 heteroatoms. The zero-order valence-electron chi connectivity index (χ0n) is 14.7. The number of aromatic nitrogens is 1. The van der Waals surface area contributed by atoms with Gasteiger partial charge in [0.15, 0.2) is 0 Å². The van der Waals surface area contributed by atoms with Gasteiger partial charge >= 0.3 is 0 Å². The number of pyridine rings is 1. The van der Waals surface area contributed by atoms with Gasteiger partial charge in [-0.1, -0.05) is 30.3 Å². The lowest BCUT2D eigenvalue weighted by Crippen LogP contribution is -2.47. The number of ether oxygens (including phenoxy) is 1. The molecule has 0 unspecified atom stereocenters. The van der Waals surface area contributed by atoms with Crippen molar-refractivity contribution < 1.29 is 4.74 Å². The molecule has 0 amide bonds. The molecule has 1 aliphatic heterocycles. The van der Waals surface area contributed by atoms with Gasteiger partial charge in [0.2, 0.25) is 0 Å². The van der Waals surface area contributed by atoms with E-state index in [1.807, 2.05) is 42.5 Å². The number of anilines is 2. The van der Waals surface area contributed by atoms with Crippen LogP contribution in [0.3, 0.4) is 0 Å². The molecule has 0 aliphatic carbocycles. The summed E-state index contributed by atoms with van der Waals surface area (Å²) in [6.45, 7) is 3.45. The first kappa shape index (κ1) is 16.2. The minimum Gasteiger partial charge on any atom is -0.495 e. The van der Waals surface area contributed by atoms with Gasteiger partial charge in [-0.15, -0.1) is 0 Å². The average Bonchev–Trinajstić information content (AvgIpc) is 2.73. The van der Waals surface area contributed by atoms with Gasteiger partial charge in [0.1, 0.15) is 11.8 Å². The lowest BCUT2D eigenvalue weighted by Gasteiger charge is -2.38. The Labute approximate surface area is 153 Å². The summed E-state index contributed by atoms with van der Waals surface area (Å²) in [5, 5.41) is 10.6. The van der Waals surface area contributed by atoms with Gasteiger partial charge in [-0.05, 0) is 18.2 Å². The van der Waals surface area contributed by atoms with E-state index in [1.165, 1.54) is 0 Å². The van der Waals surface area contributed by atoms with Gasteiger partial charge in [-0.2, -0.15) is 5.26 Å². The van der Waals surface area contributed by atoms with Crippen LogP contribution in [-0.4, -0.2) is 38.3 Å². The number of hydrogen-bond acceptors (Lipinski definition) is 5. The van der Waals surface area contributed by atoms with Crippen molar-refractivity contribution in [3.63, 3.8) is 0 Å². The van der Waals surface area contributed by atoms with Gasteiger partial charge in [-0.25, -0.2) is 0 Å². The molecule has 26 heavy (non-hydrogen) atoms. The summed E-state index contributed by atoms with van der Waals surface area (Å²) in [5.41, 5.74) is 3.68. The molecule has 1 aliphatic rings. The molecule has 0 atom stereocenters. The van der Waals surface area contributed by atoms with Crippen LogP contribution in [0.2, 0.25) is 0 Å². The predicted octanol–water partition coefficient (Wildman–Crippen LogP) is 3.44. The Hall–Kier alpha value is -3.26. The quantitative estimate of drug-likeness (QED) is 0.728. The second-order valence-corrected chi connectivity index (χ2v) is 6.30. The molecule has 1 fully saturated rings. The number of benzene rings is 2. The molecule has 0 N–H and O–H groups in total. The van der Waals surface area contributed by atoms with E-state index < -0.39 is 0 Å². The van der Waals surface area contributed by atoms with E-state index in [9.17, 15) is 5.26 Å². The largest absolute Gasteiger partial charge is 0.495 e. The van der Waals surface area contributed by atoms with E-state index in [1.54, 1.807) is 13.3 Å². The van der Waals surface area contributed by atoms with Crippen LogP contribution in [0.15, 0.2) is 54.7 Å². The Morgan fingerprint density at radius 1 is 0.962 bits per heavy atom. The average molecular weight is 344 g/mol. The van der Waals surface area contributed by atoms with Crippen LogP contribution in [0.25, 0.3) is 10.9 Å². The summed E-state index contributed by atoms with van der Waals surface area (Å²) in [6, 6.07) is 18.4. The molecule has 2 heterocycles. The third kappa shape index (κ3) is 2.80. The summed E-state index contributed by atoms with van der Waals surface area (Å²) < 4.78 is 5.50. The van der Waals surface area contributed by atoms with Gasteiger partial charge in [0.25, 0.3) is 0 Å². The van der Waals surface area contributed by atoms with Crippen LogP contribution >= 0.6 is 0 Å². The van der Waals surface area contributed by atoms with Crippen LogP contribution in [0.5, 0.6) is 5.75 Å². The highest BCUT2D eigenvalue weighted by molar-refractivity contribution is 5.94. The van der Waals surface area contributed by atoms with E-state index in [0.29, 0.717) is 5.56 Å². The van der Waals surface area contributed by atoms with E-state index in [2.05, 4.69) is 26.9 Å². The van der Waals surface area contributed by atoms with Crippen molar-refractivity contribution in [2.45, 2.75) is 0 Å². The zero-order valence-corrected chi connectivity index (χ0v) is 14.7. The molecule has 1 aromatic heterocycles. The standard InChI is InChI=1S/C21H20N4O/c1-26-20-9-5-4-8-19(20)24-10-12-25(13-11-24)21-16(14-22)15-23-18-7-3-2-6-17(18)21/h2-9,15H,10-13H2,1H3. The van der Waals surface area contributed by atoms with E-state index in [0.717, 1.165) is 54.2 Å². The van der Waals surface area contributed by atoms with Crippen LogP contribution < -0.4 is 14.5 Å². The molecule has 5 nitrogen and oxygen atoms in total. The number of nitrogens with zero attached hydrogens (tertiary/aromatic N) is 4. The first-order valence-corrected chi connectivity index (χ1v) is 8.72. The highest BCUT2D eigenvalue weighted by Crippen LogP contribution is 2.32. The Balaban J connectivity index is 1.63. The lowest BCUT2D eigenvalue weighted by atomic mass is 10.1. The Bertz CT molecular complexity index is 971. The highest BCUT2D eigenvalue weighted by Gasteiger charge is 2.23. The van der Waals surface area contributed by atoms with Gasteiger partial charge in [0.05, 0.1) is 29.6 Å². The molecule has 4 rings (SSSR count). The van der Waals surface area contributed by atoms with Crippen molar-refractivity contribution in [2.24, 2.45) is 0 Å². The van der Waals surface area contributed by atoms with Crippen LogP contribution in [0.4, 0.5) is 11.4 Å². The van der Waals surface area contributed by atoms with Gasteiger partial charge in [0, 0.05) is 37.8 Å². The third-order valence-corrected chi connectivity index (χ3v) is 4.89. The van der Waals surface area contributed by atoms with Crippen molar-refractivity contribution in [3.05, 3.63) is 60.3 Å². The third-order valence-electron chi connectivity index (χ3n) is 4.89. The number of nitriles is 1. The van der Waals surface area contributed by atoms with Crippen molar-refractivity contribution >= 4 is 22.3 Å². The number of hydrogen-bond donors (Lipinski definition) is 0. The maximum atomic E-state index is 9.56. The summed E-state index contributed by atoms with van der Waals surface area (Å²) >= 11 is 0.